The second-order valence-corrected chi connectivity index (χ2v) is 5.52. The monoisotopic (exact) mass is 337 g/mol. The van der Waals surface area contributed by atoms with Crippen molar-refractivity contribution in [2.24, 2.45) is 5.10 Å². The molecule has 1 aliphatic heterocycles. The molecule has 1 unspecified atom stereocenters. The Labute approximate surface area is 145 Å². The van der Waals surface area contributed by atoms with E-state index in [1.807, 2.05) is 65.7 Å². The van der Waals surface area contributed by atoms with Gasteiger partial charge in [-0.1, -0.05) is 48.5 Å². The average Bonchev–Trinajstić information content (AvgIpc) is 3.12. The highest BCUT2D eigenvalue weighted by molar-refractivity contribution is 6.39. The lowest BCUT2D eigenvalue weighted by atomic mass is 10.0. The number of hydrogen-bond acceptors (Lipinski definition) is 4. The molecule has 0 aliphatic carbocycles. The van der Waals surface area contributed by atoms with Crippen molar-refractivity contribution in [2.75, 3.05) is 12.1 Å². The Hall–Kier alpha value is -3.35. The zero-order valence-electron chi connectivity index (χ0n) is 13.8. The van der Waals surface area contributed by atoms with Crippen LogP contribution in [0.1, 0.15) is 18.0 Å². The predicted molar refractivity (Wildman–Crippen MR) is 95.9 cm³/mol. The average molecular weight is 337 g/mol. The van der Waals surface area contributed by atoms with Gasteiger partial charge in [0.05, 0.1) is 11.7 Å². The highest BCUT2D eigenvalue weighted by Crippen LogP contribution is 2.34. The van der Waals surface area contributed by atoms with Gasteiger partial charge in [-0.2, -0.15) is 5.10 Å². The largest absolute Gasteiger partial charge is 0.340 e. The molecule has 7 nitrogen and oxygen atoms in total. The molecule has 128 valence electrons. The van der Waals surface area contributed by atoms with Crippen molar-refractivity contribution in [3.8, 4) is 0 Å². The smallest absolute Gasteiger partial charge is 0.333 e. The minimum atomic E-state index is -0.494. The van der Waals surface area contributed by atoms with Gasteiger partial charge in [0, 0.05) is 13.5 Å². The molecule has 0 fully saturated rings. The third kappa shape index (κ3) is 3.77. The lowest BCUT2D eigenvalue weighted by molar-refractivity contribution is -0.115. The van der Waals surface area contributed by atoms with E-state index < -0.39 is 11.9 Å². The van der Waals surface area contributed by atoms with E-state index in [4.69, 9.17) is 0 Å². The van der Waals surface area contributed by atoms with Gasteiger partial charge in [-0.15, -0.1) is 0 Å². The van der Waals surface area contributed by atoms with E-state index in [9.17, 15) is 9.59 Å². The molecule has 3 N–H and O–H groups in total. The van der Waals surface area contributed by atoms with Gasteiger partial charge in [0.15, 0.2) is 0 Å². The fourth-order valence-corrected chi connectivity index (χ4v) is 2.65. The lowest BCUT2D eigenvalue weighted by Crippen LogP contribution is -2.48. The summed E-state index contributed by atoms with van der Waals surface area (Å²) < 4.78 is 0. The van der Waals surface area contributed by atoms with Crippen LogP contribution in [0.4, 0.5) is 10.5 Å². The van der Waals surface area contributed by atoms with Crippen molar-refractivity contribution in [3.05, 3.63) is 66.2 Å². The first-order chi connectivity index (χ1) is 12.2. The summed E-state index contributed by atoms with van der Waals surface area (Å²) in [4.78, 5) is 23.5. The molecule has 3 rings (SSSR count). The highest BCUT2D eigenvalue weighted by atomic mass is 16.2. The Bertz CT molecular complexity index is 777. The number of hydrazone groups is 1. The van der Waals surface area contributed by atoms with Crippen molar-refractivity contribution in [1.82, 2.24) is 16.2 Å². The standard InChI is InChI=1S/C18H19N5O2/c1-19-18(25)21-20-17(24)15-12-16(13-8-4-2-5-9-13)23(22-15)14-10-6-3-7-11-14/h2-11,16H,12H2,1H3,(H,20,24)(H2,19,21,25). The third-order valence-corrected chi connectivity index (χ3v) is 3.89. The van der Waals surface area contributed by atoms with Gasteiger partial charge in [0.1, 0.15) is 5.71 Å². The summed E-state index contributed by atoms with van der Waals surface area (Å²) in [6, 6.07) is 19.0. The van der Waals surface area contributed by atoms with Crippen LogP contribution in [0.25, 0.3) is 0 Å². The summed E-state index contributed by atoms with van der Waals surface area (Å²) in [6.45, 7) is 0. The molecule has 1 atom stereocenters. The van der Waals surface area contributed by atoms with Crippen LogP contribution < -0.4 is 21.2 Å². The summed E-state index contributed by atoms with van der Waals surface area (Å²) in [7, 11) is 1.47. The fraction of sp³-hybridized carbons (Fsp3) is 0.167. The number of urea groups is 1. The van der Waals surface area contributed by atoms with Crippen LogP contribution in [0.5, 0.6) is 0 Å². The first-order valence-corrected chi connectivity index (χ1v) is 7.94. The number of hydrogen-bond donors (Lipinski definition) is 3. The number of amides is 3. The molecular formula is C18H19N5O2. The van der Waals surface area contributed by atoms with Crippen LogP contribution in [0.2, 0.25) is 0 Å². The lowest BCUT2D eigenvalue weighted by Gasteiger charge is -2.23. The summed E-state index contributed by atoms with van der Waals surface area (Å²) in [5.74, 6) is -0.428. The molecule has 2 aromatic rings. The summed E-state index contributed by atoms with van der Waals surface area (Å²) in [5, 5.41) is 8.69. The van der Waals surface area contributed by atoms with Gasteiger partial charge < -0.3 is 5.32 Å². The second-order valence-electron chi connectivity index (χ2n) is 5.52. The number of nitrogens with zero attached hydrogens (tertiary/aromatic N) is 2. The van der Waals surface area contributed by atoms with Crippen LogP contribution in [-0.2, 0) is 4.79 Å². The van der Waals surface area contributed by atoms with Gasteiger partial charge >= 0.3 is 6.03 Å². The van der Waals surface area contributed by atoms with Gasteiger partial charge in [0.2, 0.25) is 0 Å². The van der Waals surface area contributed by atoms with Crippen molar-refractivity contribution in [3.63, 3.8) is 0 Å². The fourth-order valence-electron chi connectivity index (χ4n) is 2.65. The van der Waals surface area contributed by atoms with Gasteiger partial charge in [-0.05, 0) is 17.7 Å². The molecule has 0 bridgehead atoms. The minimum Gasteiger partial charge on any atom is -0.340 e. The quantitative estimate of drug-likeness (QED) is 0.748. The molecule has 7 heteroatoms. The Balaban J connectivity index is 1.84. The molecule has 0 spiro atoms. The maximum Gasteiger partial charge on any atom is 0.333 e. The molecular weight excluding hydrogens is 318 g/mol. The highest BCUT2D eigenvalue weighted by Gasteiger charge is 2.32. The van der Waals surface area contributed by atoms with E-state index >= 15 is 0 Å². The zero-order valence-corrected chi connectivity index (χ0v) is 13.8. The zero-order chi connectivity index (χ0) is 17.6. The van der Waals surface area contributed by atoms with E-state index in [-0.39, 0.29) is 6.04 Å². The number of rotatable bonds is 3. The maximum absolute atomic E-state index is 12.3. The number of nitrogens with one attached hydrogen (secondary N) is 3. The molecule has 2 aromatic carbocycles. The molecule has 3 amide bonds. The van der Waals surface area contributed by atoms with Gasteiger partial charge in [-0.25, -0.2) is 10.2 Å². The van der Waals surface area contributed by atoms with E-state index in [0.717, 1.165) is 11.3 Å². The summed E-state index contributed by atoms with van der Waals surface area (Å²) in [6.07, 6.45) is 0.445. The Morgan fingerprint density at radius 2 is 1.64 bits per heavy atom. The number of carbonyl (C=O) groups is 2. The molecule has 0 radical (unpaired) electrons. The number of benzene rings is 2. The molecule has 1 aliphatic rings. The molecule has 1 heterocycles. The predicted octanol–water partition coefficient (Wildman–Crippen LogP) is 1.95. The van der Waals surface area contributed by atoms with Crippen molar-refractivity contribution < 1.29 is 9.59 Å². The van der Waals surface area contributed by atoms with Crippen LogP contribution in [0, 0.1) is 0 Å². The summed E-state index contributed by atoms with van der Waals surface area (Å²) >= 11 is 0. The Kier molecular flexibility index (Phi) is 4.94. The maximum atomic E-state index is 12.3. The van der Waals surface area contributed by atoms with Gasteiger partial charge in [-0.3, -0.25) is 15.2 Å². The van der Waals surface area contributed by atoms with Crippen LogP contribution >= 0.6 is 0 Å². The normalized spacial score (nSPS) is 16.1. The Morgan fingerprint density at radius 3 is 2.28 bits per heavy atom. The molecule has 0 saturated heterocycles. The molecule has 0 aromatic heterocycles. The number of hydrazine groups is 1. The SMILES string of the molecule is CNC(=O)NNC(=O)C1=NN(c2ccccc2)C(c2ccccc2)C1. The number of anilines is 1. The van der Waals surface area contributed by atoms with Crippen molar-refractivity contribution in [2.45, 2.75) is 12.5 Å². The van der Waals surface area contributed by atoms with Crippen LogP contribution in [-0.4, -0.2) is 24.7 Å². The third-order valence-electron chi connectivity index (χ3n) is 3.89. The van der Waals surface area contributed by atoms with E-state index in [2.05, 4.69) is 21.3 Å². The van der Waals surface area contributed by atoms with Crippen molar-refractivity contribution >= 4 is 23.3 Å². The Morgan fingerprint density at radius 1 is 1.00 bits per heavy atom. The number of para-hydroxylation sites is 1. The van der Waals surface area contributed by atoms with Crippen molar-refractivity contribution in [1.29, 1.82) is 0 Å². The van der Waals surface area contributed by atoms with E-state index in [0.29, 0.717) is 12.1 Å². The first kappa shape index (κ1) is 16.5. The minimum absolute atomic E-state index is 0.0793. The van der Waals surface area contributed by atoms with Gasteiger partial charge in [0.25, 0.3) is 5.91 Å². The van der Waals surface area contributed by atoms with E-state index in [1.54, 1.807) is 0 Å². The first-order valence-electron chi connectivity index (χ1n) is 7.94. The number of carbonyl (C=O) groups excluding carboxylic acids is 2. The van der Waals surface area contributed by atoms with E-state index in [1.165, 1.54) is 7.05 Å². The van der Waals surface area contributed by atoms with Crippen LogP contribution in [0.3, 0.4) is 0 Å². The molecule has 0 saturated carbocycles. The van der Waals surface area contributed by atoms with Crippen LogP contribution in [0.15, 0.2) is 65.8 Å². The summed E-state index contributed by atoms with van der Waals surface area (Å²) in [5.41, 5.74) is 6.95. The second kappa shape index (κ2) is 7.48. The topological polar surface area (TPSA) is 85.8 Å². The molecule has 25 heavy (non-hydrogen) atoms.